The summed E-state index contributed by atoms with van der Waals surface area (Å²) in [4.78, 5) is 10.7. The number of benzene rings is 1. The Balaban J connectivity index is 2.20. The molecule has 0 saturated carbocycles. The molecule has 0 radical (unpaired) electrons. The summed E-state index contributed by atoms with van der Waals surface area (Å²) < 4.78 is 15.2. The average molecular weight is 240 g/mol. The number of para-hydroxylation sites is 1. The van der Waals surface area contributed by atoms with Gasteiger partial charge in [-0.2, -0.15) is 0 Å². The lowest BCUT2D eigenvalue weighted by Crippen LogP contribution is -2.30. The van der Waals surface area contributed by atoms with E-state index in [1.807, 2.05) is 30.3 Å². The Bertz CT molecular complexity index is 325. The first-order valence-electron chi connectivity index (χ1n) is 5.25. The maximum Gasteiger partial charge on any atom is 0.335 e. The summed E-state index contributed by atoms with van der Waals surface area (Å²) >= 11 is 0. The molecule has 0 aliphatic carbocycles. The largest absolute Gasteiger partial charge is 0.491 e. The second-order valence-corrected chi connectivity index (χ2v) is 3.31. The van der Waals surface area contributed by atoms with Crippen molar-refractivity contribution in [1.29, 1.82) is 0 Å². The number of rotatable bonds is 8. The average Bonchev–Trinajstić information content (AvgIpc) is 2.34. The van der Waals surface area contributed by atoms with Crippen molar-refractivity contribution in [3.63, 3.8) is 0 Å². The fourth-order valence-electron chi connectivity index (χ4n) is 1.21. The predicted molar refractivity (Wildman–Crippen MR) is 61.2 cm³/mol. The Kier molecular flexibility index (Phi) is 6.06. The molecule has 5 nitrogen and oxygen atoms in total. The van der Waals surface area contributed by atoms with Gasteiger partial charge in [-0.3, -0.25) is 0 Å². The van der Waals surface area contributed by atoms with Gasteiger partial charge in [-0.1, -0.05) is 18.2 Å². The molecule has 0 bridgehead atoms. The van der Waals surface area contributed by atoms with Crippen LogP contribution in [0, 0.1) is 0 Å². The summed E-state index contributed by atoms with van der Waals surface area (Å²) in [6.07, 6.45) is -0.945. The number of aliphatic carboxylic acids is 1. The fraction of sp³-hybridized carbons (Fsp3) is 0.417. The van der Waals surface area contributed by atoms with E-state index >= 15 is 0 Å². The van der Waals surface area contributed by atoms with E-state index in [9.17, 15) is 4.79 Å². The predicted octanol–water partition coefficient (Wildman–Crippen LogP) is 1.18. The van der Waals surface area contributed by atoms with Crippen LogP contribution in [0.3, 0.4) is 0 Å². The highest BCUT2D eigenvalue weighted by molar-refractivity contribution is 5.72. The lowest BCUT2D eigenvalue weighted by atomic mass is 10.3. The Labute approximate surface area is 99.9 Å². The summed E-state index contributed by atoms with van der Waals surface area (Å²) in [7, 11) is 1.43. The zero-order valence-corrected chi connectivity index (χ0v) is 9.67. The van der Waals surface area contributed by atoms with Crippen LogP contribution in [0.2, 0.25) is 0 Å². The van der Waals surface area contributed by atoms with Crippen LogP contribution >= 0.6 is 0 Å². The number of methoxy groups -OCH3 is 1. The van der Waals surface area contributed by atoms with E-state index in [0.29, 0.717) is 6.61 Å². The molecule has 1 atom stereocenters. The van der Waals surface area contributed by atoms with Gasteiger partial charge >= 0.3 is 5.97 Å². The lowest BCUT2D eigenvalue weighted by molar-refractivity contribution is -0.154. The Hall–Kier alpha value is -1.59. The van der Waals surface area contributed by atoms with Crippen molar-refractivity contribution in [2.75, 3.05) is 26.9 Å². The summed E-state index contributed by atoms with van der Waals surface area (Å²) in [5.74, 6) is -0.304. The maximum atomic E-state index is 10.7. The molecule has 17 heavy (non-hydrogen) atoms. The monoisotopic (exact) mass is 240 g/mol. The van der Waals surface area contributed by atoms with Crippen molar-refractivity contribution in [2.45, 2.75) is 6.10 Å². The fourth-order valence-corrected chi connectivity index (χ4v) is 1.21. The molecule has 5 heteroatoms. The van der Waals surface area contributed by atoms with Gasteiger partial charge in [0.15, 0.2) is 6.10 Å². The van der Waals surface area contributed by atoms with Crippen LogP contribution < -0.4 is 4.74 Å². The molecule has 0 aliphatic heterocycles. The zero-order chi connectivity index (χ0) is 12.5. The molecule has 0 aliphatic rings. The highest BCUT2D eigenvalue weighted by Gasteiger charge is 2.17. The zero-order valence-electron chi connectivity index (χ0n) is 9.67. The SMILES string of the molecule is COCC(OCCOc1ccccc1)C(=O)O. The minimum absolute atomic E-state index is 0.0284. The summed E-state index contributed by atoms with van der Waals surface area (Å²) in [6.45, 7) is 0.535. The number of carboxylic acids is 1. The van der Waals surface area contributed by atoms with Crippen LogP contribution in [0.1, 0.15) is 0 Å². The first-order valence-corrected chi connectivity index (χ1v) is 5.25. The van der Waals surface area contributed by atoms with Crippen LogP contribution in [0.15, 0.2) is 30.3 Å². The third-order valence-corrected chi connectivity index (χ3v) is 2.01. The van der Waals surface area contributed by atoms with Crippen molar-refractivity contribution >= 4 is 5.97 Å². The quantitative estimate of drug-likeness (QED) is 0.691. The van der Waals surface area contributed by atoms with E-state index in [-0.39, 0.29) is 13.2 Å². The van der Waals surface area contributed by atoms with Gasteiger partial charge < -0.3 is 19.3 Å². The summed E-state index contributed by atoms with van der Waals surface area (Å²) in [5.41, 5.74) is 0. The molecule has 1 rings (SSSR count). The number of carboxylic acid groups (broad SMARTS) is 1. The number of ether oxygens (including phenoxy) is 3. The molecule has 1 N–H and O–H groups in total. The Morgan fingerprint density at radius 2 is 2.00 bits per heavy atom. The van der Waals surface area contributed by atoms with Gasteiger partial charge in [0, 0.05) is 7.11 Å². The van der Waals surface area contributed by atoms with Gasteiger partial charge in [0.2, 0.25) is 0 Å². The number of hydrogen-bond acceptors (Lipinski definition) is 4. The molecule has 0 saturated heterocycles. The van der Waals surface area contributed by atoms with Gasteiger partial charge in [-0.05, 0) is 12.1 Å². The highest BCUT2D eigenvalue weighted by Crippen LogP contribution is 2.07. The lowest BCUT2D eigenvalue weighted by Gasteiger charge is -2.13. The van der Waals surface area contributed by atoms with E-state index in [2.05, 4.69) is 0 Å². The molecule has 1 aromatic rings. The maximum absolute atomic E-state index is 10.7. The van der Waals surface area contributed by atoms with Gasteiger partial charge in [0.05, 0.1) is 13.2 Å². The van der Waals surface area contributed by atoms with E-state index in [1.54, 1.807) is 0 Å². The summed E-state index contributed by atoms with van der Waals surface area (Å²) in [6, 6.07) is 9.26. The van der Waals surface area contributed by atoms with E-state index in [4.69, 9.17) is 19.3 Å². The van der Waals surface area contributed by atoms with Crippen LogP contribution in [0.5, 0.6) is 5.75 Å². The molecule has 0 aromatic heterocycles. The van der Waals surface area contributed by atoms with E-state index in [0.717, 1.165) is 5.75 Å². The third-order valence-electron chi connectivity index (χ3n) is 2.01. The van der Waals surface area contributed by atoms with Crippen LogP contribution in [0.4, 0.5) is 0 Å². The van der Waals surface area contributed by atoms with Crippen molar-refractivity contribution in [1.82, 2.24) is 0 Å². The standard InChI is InChI=1S/C12H16O5/c1-15-9-11(12(13)14)17-8-7-16-10-5-3-2-4-6-10/h2-6,11H,7-9H2,1H3,(H,13,14). The van der Waals surface area contributed by atoms with Crippen molar-refractivity contribution in [3.05, 3.63) is 30.3 Å². The molecule has 0 heterocycles. The van der Waals surface area contributed by atoms with Gasteiger partial charge in [-0.15, -0.1) is 0 Å². The smallest absolute Gasteiger partial charge is 0.335 e. The van der Waals surface area contributed by atoms with Crippen molar-refractivity contribution < 1.29 is 24.1 Å². The molecule has 0 spiro atoms. The molecule has 1 aromatic carbocycles. The van der Waals surface area contributed by atoms with E-state index in [1.165, 1.54) is 7.11 Å². The molecular weight excluding hydrogens is 224 g/mol. The normalized spacial score (nSPS) is 12.1. The molecule has 1 unspecified atom stereocenters. The second kappa shape index (κ2) is 7.65. The molecule has 0 amide bonds. The van der Waals surface area contributed by atoms with Gasteiger partial charge in [-0.25, -0.2) is 4.79 Å². The molecule has 94 valence electrons. The van der Waals surface area contributed by atoms with Crippen LogP contribution in [0.25, 0.3) is 0 Å². The molecule has 0 fully saturated rings. The Morgan fingerprint density at radius 3 is 2.59 bits per heavy atom. The third kappa shape index (κ3) is 5.33. The summed E-state index contributed by atoms with van der Waals surface area (Å²) in [5, 5.41) is 8.77. The highest BCUT2D eigenvalue weighted by atomic mass is 16.6. The first-order chi connectivity index (χ1) is 8.24. The Morgan fingerprint density at radius 1 is 1.29 bits per heavy atom. The number of carbonyl (C=O) groups is 1. The van der Waals surface area contributed by atoms with Crippen molar-refractivity contribution in [3.8, 4) is 5.75 Å². The number of hydrogen-bond donors (Lipinski definition) is 1. The minimum Gasteiger partial charge on any atom is -0.491 e. The topological polar surface area (TPSA) is 65.0 Å². The minimum atomic E-state index is -1.04. The second-order valence-electron chi connectivity index (χ2n) is 3.31. The van der Waals surface area contributed by atoms with E-state index < -0.39 is 12.1 Å². The van der Waals surface area contributed by atoms with Gasteiger partial charge in [0.1, 0.15) is 12.4 Å². The first kappa shape index (κ1) is 13.5. The molecular formula is C12H16O5. The van der Waals surface area contributed by atoms with Crippen LogP contribution in [-0.4, -0.2) is 44.1 Å². The van der Waals surface area contributed by atoms with Crippen LogP contribution in [-0.2, 0) is 14.3 Å². The van der Waals surface area contributed by atoms with Crippen molar-refractivity contribution in [2.24, 2.45) is 0 Å². The van der Waals surface area contributed by atoms with Gasteiger partial charge in [0.25, 0.3) is 0 Å².